The molecule has 2 N–H and O–H groups in total. The van der Waals surface area contributed by atoms with Gasteiger partial charge in [-0.15, -0.1) is 0 Å². The van der Waals surface area contributed by atoms with E-state index in [0.717, 1.165) is 47.6 Å². The van der Waals surface area contributed by atoms with Crippen molar-refractivity contribution in [3.8, 4) is 28.0 Å². The van der Waals surface area contributed by atoms with Crippen molar-refractivity contribution in [2.45, 2.75) is 110 Å². The molecule has 0 atom stereocenters. The summed E-state index contributed by atoms with van der Waals surface area (Å²) < 4.78 is 11.7. The average molecular weight is 669 g/mol. The first-order valence-corrected chi connectivity index (χ1v) is 18.8. The molecule has 3 aromatic carbocycles. The monoisotopic (exact) mass is 668 g/mol. The fourth-order valence-electron chi connectivity index (χ4n) is 7.16. The van der Waals surface area contributed by atoms with Gasteiger partial charge in [0, 0.05) is 17.4 Å². The van der Waals surface area contributed by atoms with E-state index in [1.165, 1.54) is 68.1 Å². The van der Waals surface area contributed by atoms with E-state index in [0.29, 0.717) is 30.9 Å². The summed E-state index contributed by atoms with van der Waals surface area (Å²) in [6, 6.07) is 24.1. The third-order valence-electron chi connectivity index (χ3n) is 10.6. The van der Waals surface area contributed by atoms with E-state index in [4.69, 9.17) is 9.47 Å². The van der Waals surface area contributed by atoms with Crippen LogP contribution < -0.4 is 4.74 Å². The van der Waals surface area contributed by atoms with Crippen LogP contribution in [0.25, 0.3) is 22.3 Å². The molecule has 1 saturated carbocycles. The fourth-order valence-corrected chi connectivity index (χ4v) is 7.16. The second-order valence-corrected chi connectivity index (χ2v) is 14.4. The first-order chi connectivity index (χ1) is 23.8. The van der Waals surface area contributed by atoms with Gasteiger partial charge in [0.2, 0.25) is 0 Å². The molecule has 0 bridgehead atoms. The molecule has 49 heavy (non-hydrogen) atoms. The molecule has 0 unspecified atom stereocenters. The maximum Gasteiger partial charge on any atom is 0.333 e. The van der Waals surface area contributed by atoms with Gasteiger partial charge < -0.3 is 19.7 Å². The van der Waals surface area contributed by atoms with Gasteiger partial charge in [-0.1, -0.05) is 114 Å². The second kappa shape index (κ2) is 19.7. The molecule has 5 heteroatoms. The molecule has 0 radical (unpaired) electrons. The smallest absolute Gasteiger partial charge is 0.333 e. The zero-order chi connectivity index (χ0) is 35.1. The highest BCUT2D eigenvalue weighted by Crippen LogP contribution is 2.38. The van der Waals surface area contributed by atoms with Crippen LogP contribution >= 0.6 is 0 Å². The van der Waals surface area contributed by atoms with Crippen molar-refractivity contribution in [3.05, 3.63) is 90.0 Å². The van der Waals surface area contributed by atoms with Crippen molar-refractivity contribution in [1.82, 2.24) is 0 Å². The molecule has 0 saturated heterocycles. The summed E-state index contributed by atoms with van der Waals surface area (Å²) in [5.41, 5.74) is 6.82. The van der Waals surface area contributed by atoms with Crippen LogP contribution in [0.15, 0.2) is 78.9 Å². The maximum atomic E-state index is 12.0. The zero-order valence-electron chi connectivity index (χ0n) is 30.4. The number of unbranched alkanes of at least 4 members (excludes halogenated alkanes) is 3. The van der Waals surface area contributed by atoms with Crippen molar-refractivity contribution >= 4 is 5.97 Å². The van der Waals surface area contributed by atoms with Crippen molar-refractivity contribution in [2.75, 3.05) is 26.4 Å². The minimum Gasteiger partial charge on any atom is -0.493 e. The van der Waals surface area contributed by atoms with Crippen LogP contribution in [-0.2, 0) is 16.0 Å². The molecule has 0 aliphatic heterocycles. The summed E-state index contributed by atoms with van der Waals surface area (Å²) in [5, 5.41) is 20.1. The molecule has 5 nitrogen and oxygen atoms in total. The van der Waals surface area contributed by atoms with Gasteiger partial charge in [-0.2, -0.15) is 0 Å². The molecule has 0 aromatic heterocycles. The lowest BCUT2D eigenvalue weighted by Crippen LogP contribution is -2.32. The predicted octanol–water partition coefficient (Wildman–Crippen LogP) is 10.5. The first kappa shape index (κ1) is 38.4. The third kappa shape index (κ3) is 11.3. The number of aliphatic hydroxyl groups excluding tert-OH is 2. The Morgan fingerprint density at radius 2 is 1.37 bits per heavy atom. The van der Waals surface area contributed by atoms with Gasteiger partial charge in [0.15, 0.2) is 0 Å². The number of aliphatic hydroxyl groups is 2. The molecule has 4 rings (SSSR count). The van der Waals surface area contributed by atoms with Crippen molar-refractivity contribution in [2.24, 2.45) is 11.3 Å². The first-order valence-electron chi connectivity index (χ1n) is 18.8. The van der Waals surface area contributed by atoms with Crippen LogP contribution in [0.3, 0.4) is 0 Å². The molecule has 266 valence electrons. The lowest BCUT2D eigenvalue weighted by molar-refractivity contribution is -0.138. The van der Waals surface area contributed by atoms with E-state index in [-0.39, 0.29) is 19.8 Å². The van der Waals surface area contributed by atoms with E-state index in [9.17, 15) is 15.0 Å². The van der Waals surface area contributed by atoms with Gasteiger partial charge in [0.05, 0.1) is 26.4 Å². The highest BCUT2D eigenvalue weighted by atomic mass is 16.5. The Hall–Kier alpha value is -3.41. The second-order valence-electron chi connectivity index (χ2n) is 14.4. The number of ether oxygens (including phenoxy) is 2. The van der Waals surface area contributed by atoms with E-state index in [1.807, 2.05) is 6.07 Å². The molecule has 1 aliphatic rings. The number of rotatable bonds is 20. The molecule has 0 heterocycles. The summed E-state index contributed by atoms with van der Waals surface area (Å²) in [6.45, 7) is 10.2. The molecule has 0 spiro atoms. The van der Waals surface area contributed by atoms with Crippen LogP contribution in [0, 0.1) is 11.3 Å². The Kier molecular flexibility index (Phi) is 15.4. The molecular formula is C44H60O5. The Morgan fingerprint density at radius 3 is 1.96 bits per heavy atom. The van der Waals surface area contributed by atoms with Crippen molar-refractivity contribution in [1.29, 1.82) is 0 Å². The summed E-state index contributed by atoms with van der Waals surface area (Å²) in [7, 11) is 0. The molecule has 1 fully saturated rings. The summed E-state index contributed by atoms with van der Waals surface area (Å²) in [4.78, 5) is 12.0. The third-order valence-corrected chi connectivity index (χ3v) is 10.6. The highest BCUT2D eigenvalue weighted by Gasteiger charge is 2.28. The fraction of sp³-hybridized carbons (Fsp3) is 0.523. The van der Waals surface area contributed by atoms with E-state index >= 15 is 0 Å². The van der Waals surface area contributed by atoms with Crippen LogP contribution in [0.2, 0.25) is 0 Å². The van der Waals surface area contributed by atoms with Gasteiger partial charge in [-0.3, -0.25) is 0 Å². The lowest BCUT2D eigenvalue weighted by atomic mass is 9.77. The summed E-state index contributed by atoms with van der Waals surface area (Å²) >= 11 is 0. The highest BCUT2D eigenvalue weighted by molar-refractivity contribution is 5.86. The van der Waals surface area contributed by atoms with Gasteiger partial charge in [0.1, 0.15) is 5.75 Å². The molecule has 1 aliphatic carbocycles. The van der Waals surface area contributed by atoms with Crippen molar-refractivity contribution in [3.63, 3.8) is 0 Å². The number of carbonyl (C=O) groups is 1. The lowest BCUT2D eigenvalue weighted by Gasteiger charge is -2.29. The minimum absolute atomic E-state index is 0.0736. The maximum absolute atomic E-state index is 12.0. The van der Waals surface area contributed by atoms with Crippen LogP contribution in [-0.4, -0.2) is 42.6 Å². The predicted molar refractivity (Wildman–Crippen MR) is 202 cm³/mol. The van der Waals surface area contributed by atoms with Gasteiger partial charge >= 0.3 is 5.97 Å². The minimum atomic E-state index is -0.553. The summed E-state index contributed by atoms with van der Waals surface area (Å²) in [5.74, 6) is 1.94. The summed E-state index contributed by atoms with van der Waals surface area (Å²) in [6.07, 6.45) is 14.6. The number of esters is 1. The number of hydrogen-bond acceptors (Lipinski definition) is 5. The quantitative estimate of drug-likeness (QED) is 0.0712. The topological polar surface area (TPSA) is 76.0 Å². The molecule has 0 amide bonds. The van der Waals surface area contributed by atoms with Crippen LogP contribution in [0.1, 0.15) is 115 Å². The Morgan fingerprint density at radius 1 is 0.776 bits per heavy atom. The number of carbonyl (C=O) groups excluding carboxylic acids is 1. The average Bonchev–Trinajstić information content (AvgIpc) is 3.14. The SMILES string of the molecule is C=C(C)C(=O)OCCc1cc(-c2ccc(-c3ccc(C4CCC(CCCCC)CC4)cc3)cc2)ccc1OCCC(CO)(CO)CCCC. The van der Waals surface area contributed by atoms with Crippen molar-refractivity contribution < 1.29 is 24.5 Å². The normalized spacial score (nSPS) is 16.3. The Labute approximate surface area is 295 Å². The van der Waals surface area contributed by atoms with E-state index in [2.05, 4.69) is 81.1 Å². The van der Waals surface area contributed by atoms with Gasteiger partial charge in [0.25, 0.3) is 0 Å². The Balaban J connectivity index is 1.42. The van der Waals surface area contributed by atoms with E-state index in [1.54, 1.807) is 6.92 Å². The zero-order valence-corrected chi connectivity index (χ0v) is 30.4. The molecular weight excluding hydrogens is 608 g/mol. The van der Waals surface area contributed by atoms with Gasteiger partial charge in [-0.25, -0.2) is 4.79 Å². The Bertz CT molecular complexity index is 1430. The standard InChI is InChI=1S/C44H60O5/c1-5-7-9-10-34-11-13-35(14-12-34)36-15-17-37(18-16-36)38-19-21-39(22-20-38)40-23-24-42(41(30-40)25-28-49-43(47)33(3)4)48-29-27-44(31-45,32-46)26-8-6-2/h15-24,30,34-35,45-46H,3,5-14,25-29,31-32H2,1-2,4H3. The van der Waals surface area contributed by atoms with E-state index < -0.39 is 11.4 Å². The molecule has 3 aromatic rings. The van der Waals surface area contributed by atoms with Crippen LogP contribution in [0.5, 0.6) is 5.75 Å². The van der Waals surface area contributed by atoms with Gasteiger partial charge in [-0.05, 0) is 103 Å². The van der Waals surface area contributed by atoms with Crippen LogP contribution in [0.4, 0.5) is 0 Å². The number of hydrogen-bond donors (Lipinski definition) is 2. The largest absolute Gasteiger partial charge is 0.493 e. The number of benzene rings is 3.